The first-order valence-electron chi connectivity index (χ1n) is 5.61. The smallest absolute Gasteiger partial charge is 0.216 e. The number of methoxy groups -OCH3 is 1. The fraction of sp³-hybridized carbons (Fsp3) is 0.455. The quantitative estimate of drug-likeness (QED) is 0.809. The third kappa shape index (κ3) is 2.80. The van der Waals surface area contributed by atoms with Crippen LogP contribution in [-0.4, -0.2) is 39.1 Å². The molecule has 2 aromatic rings. The normalized spacial score (nSPS) is 12.4. The average Bonchev–Trinajstić information content (AvgIpc) is 2.81. The molecule has 2 aromatic heterocycles. The molecule has 0 aliphatic heterocycles. The average molecular weight is 248 g/mol. The van der Waals surface area contributed by atoms with E-state index in [-0.39, 0.29) is 6.04 Å². The lowest BCUT2D eigenvalue weighted by Gasteiger charge is -2.14. The first-order valence-corrected chi connectivity index (χ1v) is 5.61. The topological polar surface area (TPSA) is 77.8 Å². The molecule has 0 aromatic carbocycles. The minimum atomic E-state index is 0.0543. The molecule has 1 N–H and O–H groups in total. The molecule has 0 saturated carbocycles. The van der Waals surface area contributed by atoms with Gasteiger partial charge in [0.05, 0.1) is 24.5 Å². The zero-order chi connectivity index (χ0) is 13.0. The van der Waals surface area contributed by atoms with Crippen molar-refractivity contribution in [1.82, 2.24) is 30.3 Å². The Labute approximate surface area is 105 Å². The van der Waals surface area contributed by atoms with Crippen LogP contribution in [0.1, 0.15) is 17.4 Å². The third-order valence-electron chi connectivity index (χ3n) is 2.64. The summed E-state index contributed by atoms with van der Waals surface area (Å²) in [5, 5.41) is 11.2. The molecular weight excluding hydrogens is 232 g/mol. The van der Waals surface area contributed by atoms with Gasteiger partial charge < -0.3 is 10.1 Å². The van der Waals surface area contributed by atoms with Crippen molar-refractivity contribution < 1.29 is 4.74 Å². The fourth-order valence-corrected chi connectivity index (χ4v) is 1.71. The summed E-state index contributed by atoms with van der Waals surface area (Å²) in [6.45, 7) is 0. The van der Waals surface area contributed by atoms with Crippen LogP contribution in [0, 0.1) is 0 Å². The molecule has 0 spiro atoms. The Bertz CT molecular complexity index is 512. The van der Waals surface area contributed by atoms with Crippen molar-refractivity contribution in [3.63, 3.8) is 0 Å². The first-order chi connectivity index (χ1) is 8.72. The van der Waals surface area contributed by atoms with Gasteiger partial charge in [-0.05, 0) is 7.05 Å². The monoisotopic (exact) mass is 248 g/mol. The molecule has 1 unspecified atom stereocenters. The summed E-state index contributed by atoms with van der Waals surface area (Å²) in [6.07, 6.45) is 4.10. The van der Waals surface area contributed by atoms with E-state index in [4.69, 9.17) is 4.74 Å². The van der Waals surface area contributed by atoms with Crippen molar-refractivity contribution in [3.8, 4) is 5.88 Å². The molecule has 0 amide bonds. The van der Waals surface area contributed by atoms with E-state index in [9.17, 15) is 0 Å². The van der Waals surface area contributed by atoms with E-state index in [1.54, 1.807) is 11.8 Å². The zero-order valence-corrected chi connectivity index (χ0v) is 10.7. The molecule has 0 aliphatic rings. The molecule has 0 aliphatic carbocycles. The van der Waals surface area contributed by atoms with Crippen LogP contribution in [0.15, 0.2) is 18.6 Å². The Hall–Kier alpha value is -2.02. The number of ether oxygens (including phenoxy) is 1. The minimum absolute atomic E-state index is 0.0543. The van der Waals surface area contributed by atoms with Gasteiger partial charge in [-0.3, -0.25) is 4.68 Å². The lowest BCUT2D eigenvalue weighted by Crippen LogP contribution is -2.20. The number of nitrogens with one attached hydrogen (secondary N) is 1. The van der Waals surface area contributed by atoms with Crippen LogP contribution in [-0.2, 0) is 13.5 Å². The minimum Gasteiger partial charge on any atom is -0.481 e. The van der Waals surface area contributed by atoms with Crippen molar-refractivity contribution >= 4 is 0 Å². The fourth-order valence-electron chi connectivity index (χ4n) is 1.71. The van der Waals surface area contributed by atoms with Gasteiger partial charge in [0.1, 0.15) is 6.33 Å². The highest BCUT2D eigenvalue weighted by atomic mass is 16.5. The first kappa shape index (κ1) is 12.4. The van der Waals surface area contributed by atoms with Crippen molar-refractivity contribution in [3.05, 3.63) is 30.0 Å². The van der Waals surface area contributed by atoms with E-state index in [0.717, 1.165) is 11.4 Å². The second kappa shape index (κ2) is 5.54. The molecule has 1 atom stereocenters. The highest BCUT2D eigenvalue weighted by Gasteiger charge is 2.14. The van der Waals surface area contributed by atoms with Crippen LogP contribution >= 0.6 is 0 Å². The molecule has 2 heterocycles. The van der Waals surface area contributed by atoms with Gasteiger partial charge in [0.15, 0.2) is 0 Å². The summed E-state index contributed by atoms with van der Waals surface area (Å²) in [7, 11) is 5.32. The molecule has 18 heavy (non-hydrogen) atoms. The van der Waals surface area contributed by atoms with E-state index < -0.39 is 0 Å². The Kier molecular flexibility index (Phi) is 3.83. The molecule has 0 fully saturated rings. The molecule has 2 rings (SSSR count). The van der Waals surface area contributed by atoms with E-state index in [2.05, 4.69) is 25.6 Å². The van der Waals surface area contributed by atoms with Gasteiger partial charge >= 0.3 is 0 Å². The van der Waals surface area contributed by atoms with E-state index in [1.165, 1.54) is 6.33 Å². The summed E-state index contributed by atoms with van der Waals surface area (Å²) < 4.78 is 6.78. The van der Waals surface area contributed by atoms with Crippen molar-refractivity contribution in [2.45, 2.75) is 12.5 Å². The Morgan fingerprint density at radius 3 is 2.89 bits per heavy atom. The lowest BCUT2D eigenvalue weighted by atomic mass is 10.1. The number of hydrogen-bond donors (Lipinski definition) is 1. The second-order valence-electron chi connectivity index (χ2n) is 3.91. The maximum absolute atomic E-state index is 5.09. The summed E-state index contributed by atoms with van der Waals surface area (Å²) in [6, 6.07) is 1.87. The second-order valence-corrected chi connectivity index (χ2v) is 3.91. The van der Waals surface area contributed by atoms with Crippen molar-refractivity contribution in [2.24, 2.45) is 7.05 Å². The van der Waals surface area contributed by atoms with Crippen LogP contribution in [0.4, 0.5) is 0 Å². The van der Waals surface area contributed by atoms with Crippen LogP contribution in [0.25, 0.3) is 0 Å². The molecule has 7 nitrogen and oxygen atoms in total. The van der Waals surface area contributed by atoms with Crippen molar-refractivity contribution in [1.29, 1.82) is 0 Å². The van der Waals surface area contributed by atoms with E-state index in [1.807, 2.05) is 26.4 Å². The van der Waals surface area contributed by atoms with E-state index in [0.29, 0.717) is 12.3 Å². The van der Waals surface area contributed by atoms with Crippen LogP contribution in [0.3, 0.4) is 0 Å². The molecule has 96 valence electrons. The van der Waals surface area contributed by atoms with E-state index >= 15 is 0 Å². The zero-order valence-electron chi connectivity index (χ0n) is 10.7. The third-order valence-corrected chi connectivity index (χ3v) is 2.64. The number of nitrogens with zero attached hydrogens (tertiary/aromatic N) is 5. The van der Waals surface area contributed by atoms with Gasteiger partial charge in [0.25, 0.3) is 0 Å². The summed E-state index contributed by atoms with van der Waals surface area (Å²) in [5.74, 6) is 0.555. The number of rotatable bonds is 5. The van der Waals surface area contributed by atoms with Crippen LogP contribution < -0.4 is 10.1 Å². The molecule has 0 saturated heterocycles. The summed E-state index contributed by atoms with van der Waals surface area (Å²) in [5.41, 5.74) is 1.78. The van der Waals surface area contributed by atoms with Gasteiger partial charge in [0, 0.05) is 25.7 Å². The maximum Gasteiger partial charge on any atom is 0.216 e. The van der Waals surface area contributed by atoms with Crippen LogP contribution in [0.5, 0.6) is 5.88 Å². The SMILES string of the molecule is CNC(Cc1cn(C)nn1)c1cc(OC)ncn1. The maximum atomic E-state index is 5.09. The Morgan fingerprint density at radius 2 is 2.28 bits per heavy atom. The number of likely N-dealkylation sites (N-methyl/N-ethyl adjacent to an activating group) is 1. The Balaban J connectivity index is 2.17. The summed E-state index contributed by atoms with van der Waals surface area (Å²) >= 11 is 0. The largest absolute Gasteiger partial charge is 0.481 e. The molecule has 0 radical (unpaired) electrons. The molecule has 0 bridgehead atoms. The predicted octanol–water partition coefficient (Wildman–Crippen LogP) is 0.117. The van der Waals surface area contributed by atoms with Crippen LogP contribution in [0.2, 0.25) is 0 Å². The number of aromatic nitrogens is 5. The lowest BCUT2D eigenvalue weighted by molar-refractivity contribution is 0.394. The standard InChI is InChI=1S/C11H16N6O/c1-12-9(4-8-6-17(2)16-15-8)10-5-11(18-3)14-7-13-10/h5-7,9,12H,4H2,1-3H3. The van der Waals surface area contributed by atoms with Gasteiger partial charge in [-0.15, -0.1) is 5.10 Å². The van der Waals surface area contributed by atoms with Gasteiger partial charge in [-0.1, -0.05) is 5.21 Å². The van der Waals surface area contributed by atoms with Gasteiger partial charge in [-0.25, -0.2) is 9.97 Å². The van der Waals surface area contributed by atoms with Gasteiger partial charge in [-0.2, -0.15) is 0 Å². The number of hydrogen-bond acceptors (Lipinski definition) is 6. The molecular formula is C11H16N6O. The number of aryl methyl sites for hydroxylation is 1. The summed E-state index contributed by atoms with van der Waals surface area (Å²) in [4.78, 5) is 8.25. The highest BCUT2D eigenvalue weighted by Crippen LogP contribution is 2.17. The van der Waals surface area contributed by atoms with Crippen molar-refractivity contribution in [2.75, 3.05) is 14.2 Å². The Morgan fingerprint density at radius 1 is 1.44 bits per heavy atom. The predicted molar refractivity (Wildman–Crippen MR) is 65.1 cm³/mol. The highest BCUT2D eigenvalue weighted by molar-refractivity contribution is 5.18. The molecule has 7 heteroatoms. The van der Waals surface area contributed by atoms with Gasteiger partial charge in [0.2, 0.25) is 5.88 Å².